The van der Waals surface area contributed by atoms with E-state index in [1.165, 1.54) is 0 Å². The first-order valence-corrected chi connectivity index (χ1v) is 9.94. The molecule has 0 unspecified atom stereocenters. The van der Waals surface area contributed by atoms with Crippen LogP contribution in [-0.2, 0) is 16.6 Å². The van der Waals surface area contributed by atoms with Crippen LogP contribution in [0.15, 0.2) is 4.52 Å². The molecule has 3 fully saturated rings. The van der Waals surface area contributed by atoms with E-state index in [9.17, 15) is 4.79 Å². The Bertz CT molecular complexity index is 711. The van der Waals surface area contributed by atoms with Crippen molar-refractivity contribution in [1.82, 2.24) is 19.9 Å². The van der Waals surface area contributed by atoms with Gasteiger partial charge in [0.15, 0.2) is 5.82 Å². The van der Waals surface area contributed by atoms with Crippen LogP contribution in [0, 0.1) is 22.7 Å². The van der Waals surface area contributed by atoms with Crippen LogP contribution in [0.3, 0.4) is 0 Å². The van der Waals surface area contributed by atoms with E-state index < -0.39 is 0 Å². The van der Waals surface area contributed by atoms with Crippen molar-refractivity contribution in [1.29, 1.82) is 0 Å². The topological polar surface area (TPSA) is 62.5 Å². The Hall–Kier alpha value is -1.43. The monoisotopic (exact) mass is 360 g/mol. The van der Waals surface area contributed by atoms with Gasteiger partial charge in [-0.2, -0.15) is 4.98 Å². The van der Waals surface area contributed by atoms with Crippen LogP contribution in [0.25, 0.3) is 0 Å². The van der Waals surface area contributed by atoms with E-state index in [-0.39, 0.29) is 22.2 Å². The van der Waals surface area contributed by atoms with E-state index in [0.717, 1.165) is 50.7 Å². The Morgan fingerprint density at radius 2 is 1.92 bits per heavy atom. The fraction of sp³-hybridized carbons (Fsp3) is 0.850. The van der Waals surface area contributed by atoms with E-state index >= 15 is 0 Å². The SMILES string of the molecule is CCc1noc([C@@]23CCN(C)C[C@@H]2CN(C(=O)C2C(C)(C)C2(C)C)C3)n1. The summed E-state index contributed by atoms with van der Waals surface area (Å²) in [5.41, 5.74) is -0.0326. The molecule has 3 aliphatic rings. The predicted molar refractivity (Wildman–Crippen MR) is 98.6 cm³/mol. The van der Waals surface area contributed by atoms with E-state index in [0.29, 0.717) is 11.8 Å². The highest BCUT2D eigenvalue weighted by molar-refractivity contribution is 5.84. The fourth-order valence-corrected chi connectivity index (χ4v) is 5.46. The molecule has 3 heterocycles. The molecule has 0 bridgehead atoms. The summed E-state index contributed by atoms with van der Waals surface area (Å²) in [7, 11) is 2.16. The summed E-state index contributed by atoms with van der Waals surface area (Å²) in [6.07, 6.45) is 1.75. The van der Waals surface area contributed by atoms with Gasteiger partial charge in [-0.15, -0.1) is 0 Å². The van der Waals surface area contributed by atoms with E-state index in [1.807, 2.05) is 6.92 Å². The number of amides is 1. The molecule has 0 spiro atoms. The quantitative estimate of drug-likeness (QED) is 0.828. The number of hydrogen-bond donors (Lipinski definition) is 0. The van der Waals surface area contributed by atoms with Crippen molar-refractivity contribution >= 4 is 5.91 Å². The molecular weight excluding hydrogens is 328 g/mol. The Morgan fingerprint density at radius 3 is 2.50 bits per heavy atom. The van der Waals surface area contributed by atoms with Crippen molar-refractivity contribution in [3.63, 3.8) is 0 Å². The number of carbonyl (C=O) groups is 1. The minimum Gasteiger partial charge on any atom is -0.341 e. The molecule has 1 aliphatic carbocycles. The summed E-state index contributed by atoms with van der Waals surface area (Å²) in [5.74, 6) is 2.30. The molecule has 2 saturated heterocycles. The van der Waals surface area contributed by atoms with Gasteiger partial charge in [0.1, 0.15) is 0 Å². The van der Waals surface area contributed by atoms with Gasteiger partial charge in [-0.3, -0.25) is 4.79 Å². The normalized spacial score (nSPS) is 33.3. The lowest BCUT2D eigenvalue weighted by molar-refractivity contribution is -0.133. The highest BCUT2D eigenvalue weighted by Crippen LogP contribution is 2.69. The maximum Gasteiger partial charge on any atom is 0.235 e. The van der Waals surface area contributed by atoms with Crippen LogP contribution < -0.4 is 0 Å². The van der Waals surface area contributed by atoms with Crippen LogP contribution in [0.5, 0.6) is 0 Å². The summed E-state index contributed by atoms with van der Waals surface area (Å²) >= 11 is 0. The number of piperidine rings is 1. The van der Waals surface area contributed by atoms with Crippen LogP contribution in [0.2, 0.25) is 0 Å². The highest BCUT2D eigenvalue weighted by atomic mass is 16.5. The Balaban J connectivity index is 1.63. The molecule has 1 saturated carbocycles. The summed E-state index contributed by atoms with van der Waals surface area (Å²) in [5, 5.41) is 4.14. The molecule has 1 aromatic rings. The Labute approximate surface area is 156 Å². The largest absolute Gasteiger partial charge is 0.341 e. The predicted octanol–water partition coefficient (Wildman–Crippen LogP) is 2.35. The molecule has 1 aromatic heterocycles. The van der Waals surface area contributed by atoms with Gasteiger partial charge in [-0.05, 0) is 30.8 Å². The van der Waals surface area contributed by atoms with Crippen molar-refractivity contribution in [3.05, 3.63) is 11.7 Å². The first-order chi connectivity index (χ1) is 12.1. The first-order valence-electron chi connectivity index (χ1n) is 9.94. The molecule has 2 aliphatic heterocycles. The van der Waals surface area contributed by atoms with Crippen molar-refractivity contribution in [2.24, 2.45) is 22.7 Å². The molecule has 0 N–H and O–H groups in total. The molecule has 0 radical (unpaired) electrons. The average Bonchev–Trinajstić information content (AvgIpc) is 3.04. The van der Waals surface area contributed by atoms with Gasteiger partial charge >= 0.3 is 0 Å². The number of hydrogen-bond acceptors (Lipinski definition) is 5. The highest BCUT2D eigenvalue weighted by Gasteiger charge is 2.70. The van der Waals surface area contributed by atoms with Gasteiger partial charge in [0.2, 0.25) is 11.8 Å². The number of carbonyl (C=O) groups excluding carboxylic acids is 1. The number of fused-ring (bicyclic) bond motifs is 1. The zero-order valence-corrected chi connectivity index (χ0v) is 17.0. The standard InChI is InChI=1S/C20H32N4O2/c1-7-14-21-17(26-22-14)20-8-9-23(6)10-13(20)11-24(12-20)16(25)15-18(2,3)19(15,4)5/h13,15H,7-12H2,1-6H3/t13-,20-/m1/s1. The number of likely N-dealkylation sites (tertiary alicyclic amines) is 2. The van der Waals surface area contributed by atoms with E-state index in [1.54, 1.807) is 0 Å². The molecule has 4 rings (SSSR count). The summed E-state index contributed by atoms with van der Waals surface area (Å²) in [6.45, 7) is 14.4. The summed E-state index contributed by atoms with van der Waals surface area (Å²) in [6, 6.07) is 0. The maximum absolute atomic E-state index is 13.3. The van der Waals surface area contributed by atoms with Gasteiger partial charge in [0, 0.05) is 37.9 Å². The average molecular weight is 361 g/mol. The van der Waals surface area contributed by atoms with Crippen LogP contribution in [0.1, 0.15) is 52.8 Å². The fourth-order valence-electron chi connectivity index (χ4n) is 5.46. The third kappa shape index (κ3) is 2.30. The van der Waals surface area contributed by atoms with Crippen molar-refractivity contribution in [2.75, 3.05) is 33.2 Å². The third-order valence-electron chi connectivity index (χ3n) is 7.96. The second-order valence-electron chi connectivity index (χ2n) is 9.83. The van der Waals surface area contributed by atoms with Gasteiger partial charge < -0.3 is 14.3 Å². The molecule has 1 amide bonds. The van der Waals surface area contributed by atoms with Crippen LogP contribution in [0.4, 0.5) is 0 Å². The first kappa shape index (κ1) is 18.0. The maximum atomic E-state index is 13.3. The number of aromatic nitrogens is 2. The zero-order valence-electron chi connectivity index (χ0n) is 17.0. The number of rotatable bonds is 3. The molecule has 2 atom stereocenters. The number of aryl methyl sites for hydroxylation is 1. The van der Waals surface area contributed by atoms with Gasteiger partial charge in [-0.1, -0.05) is 39.8 Å². The number of nitrogens with zero attached hydrogens (tertiary/aromatic N) is 4. The van der Waals surface area contributed by atoms with Gasteiger partial charge in [0.25, 0.3) is 0 Å². The molecule has 144 valence electrons. The second-order valence-corrected chi connectivity index (χ2v) is 9.83. The van der Waals surface area contributed by atoms with Gasteiger partial charge in [-0.25, -0.2) is 0 Å². The Kier molecular flexibility index (Phi) is 3.82. The van der Waals surface area contributed by atoms with Gasteiger partial charge in [0.05, 0.1) is 5.41 Å². The lowest BCUT2D eigenvalue weighted by Crippen LogP contribution is -2.48. The van der Waals surface area contributed by atoms with E-state index in [2.05, 4.69) is 54.7 Å². The van der Waals surface area contributed by atoms with Crippen LogP contribution in [-0.4, -0.2) is 59.1 Å². The van der Waals surface area contributed by atoms with E-state index in [4.69, 9.17) is 4.52 Å². The molecular formula is C20H32N4O2. The summed E-state index contributed by atoms with van der Waals surface area (Å²) in [4.78, 5) is 22.5. The molecule has 6 nitrogen and oxygen atoms in total. The van der Waals surface area contributed by atoms with Crippen LogP contribution >= 0.6 is 0 Å². The lowest BCUT2D eigenvalue weighted by atomic mass is 9.72. The minimum atomic E-state index is -0.175. The molecule has 0 aromatic carbocycles. The van der Waals surface area contributed by atoms with Crippen molar-refractivity contribution in [2.45, 2.75) is 52.9 Å². The minimum absolute atomic E-state index is 0.0711. The zero-order chi connectivity index (χ0) is 18.9. The van der Waals surface area contributed by atoms with Crippen molar-refractivity contribution < 1.29 is 9.32 Å². The summed E-state index contributed by atoms with van der Waals surface area (Å²) < 4.78 is 5.70. The molecule has 6 heteroatoms. The third-order valence-corrected chi connectivity index (χ3v) is 7.96. The van der Waals surface area contributed by atoms with Crippen molar-refractivity contribution in [3.8, 4) is 0 Å². The molecule has 26 heavy (non-hydrogen) atoms. The Morgan fingerprint density at radius 1 is 1.23 bits per heavy atom. The second kappa shape index (κ2) is 5.54. The smallest absolute Gasteiger partial charge is 0.235 e. The lowest BCUT2D eigenvalue weighted by Gasteiger charge is -2.39.